The van der Waals surface area contributed by atoms with Crippen LogP contribution in [0.4, 0.5) is 5.69 Å². The first-order valence-corrected chi connectivity index (χ1v) is 12.3. The summed E-state index contributed by atoms with van der Waals surface area (Å²) in [6.45, 7) is 17.2. The van der Waals surface area contributed by atoms with E-state index >= 15 is 0 Å². The van der Waals surface area contributed by atoms with Crippen molar-refractivity contribution in [2.75, 3.05) is 50.8 Å². The molecule has 32 heavy (non-hydrogen) atoms. The van der Waals surface area contributed by atoms with Gasteiger partial charge in [0.05, 0.1) is 11.6 Å². The normalized spacial score (nSPS) is 24.5. The number of hydrogen-bond donors (Lipinski definition) is 0. The quantitative estimate of drug-likeness (QED) is 0.566. The van der Waals surface area contributed by atoms with Crippen molar-refractivity contribution < 1.29 is 4.74 Å². The van der Waals surface area contributed by atoms with E-state index in [2.05, 4.69) is 55.7 Å². The molecule has 1 aromatic carbocycles. The molecule has 3 fully saturated rings. The summed E-state index contributed by atoms with van der Waals surface area (Å²) in [5, 5.41) is 9.58. The molecule has 2 heterocycles. The fraction of sp³-hybridized carbons (Fsp3) is 0.741. The summed E-state index contributed by atoms with van der Waals surface area (Å²) in [6, 6.07) is 8.85. The van der Waals surface area contributed by atoms with Crippen molar-refractivity contribution in [2.45, 2.75) is 65.7 Å². The number of nitrogens with zero attached hydrogens (tertiary/aromatic N) is 3. The molecule has 1 saturated carbocycles. The monoisotopic (exact) mass is 459 g/mol. The molecule has 3 aliphatic rings. The van der Waals surface area contributed by atoms with Crippen LogP contribution in [0.2, 0.25) is 0 Å². The number of halogens is 1. The SMILES string of the molecule is CC1(C)CC(c2cc(C#N)ccc2N2CCN(CC3CCOCC3)CC2)CC(C)(C)C1.Cl. The van der Waals surface area contributed by atoms with Crippen LogP contribution >= 0.6 is 12.4 Å². The summed E-state index contributed by atoms with van der Waals surface area (Å²) in [5.74, 6) is 1.33. The number of hydrogen-bond acceptors (Lipinski definition) is 4. The lowest BCUT2D eigenvalue weighted by molar-refractivity contribution is 0.0517. The third-order valence-electron chi connectivity index (χ3n) is 7.72. The second-order valence-electron chi connectivity index (χ2n) is 11.8. The summed E-state index contributed by atoms with van der Waals surface area (Å²) in [7, 11) is 0. The lowest BCUT2D eigenvalue weighted by Crippen LogP contribution is -2.48. The first-order valence-electron chi connectivity index (χ1n) is 12.3. The number of benzene rings is 1. The average Bonchev–Trinajstić information content (AvgIpc) is 2.72. The van der Waals surface area contributed by atoms with Gasteiger partial charge in [-0.2, -0.15) is 5.26 Å². The molecule has 0 bridgehead atoms. The van der Waals surface area contributed by atoms with Gasteiger partial charge in [0.25, 0.3) is 0 Å². The smallest absolute Gasteiger partial charge is 0.0991 e. The molecule has 0 amide bonds. The molecule has 0 unspecified atom stereocenters. The van der Waals surface area contributed by atoms with Crippen LogP contribution in [0.3, 0.4) is 0 Å². The molecule has 2 aliphatic heterocycles. The van der Waals surface area contributed by atoms with Crippen molar-refractivity contribution >= 4 is 18.1 Å². The highest BCUT2D eigenvalue weighted by Crippen LogP contribution is 2.53. The van der Waals surface area contributed by atoms with Gasteiger partial charge in [-0.15, -0.1) is 12.4 Å². The molecule has 178 valence electrons. The minimum absolute atomic E-state index is 0. The van der Waals surface area contributed by atoms with Gasteiger partial charge in [-0.3, -0.25) is 4.90 Å². The van der Waals surface area contributed by atoms with Gasteiger partial charge in [-0.1, -0.05) is 27.7 Å². The fourth-order valence-corrected chi connectivity index (χ4v) is 6.77. The second kappa shape index (κ2) is 10.3. The topological polar surface area (TPSA) is 39.5 Å². The molecule has 1 aromatic rings. The van der Waals surface area contributed by atoms with E-state index in [0.29, 0.717) is 16.7 Å². The number of anilines is 1. The van der Waals surface area contributed by atoms with E-state index in [1.807, 2.05) is 6.07 Å². The predicted octanol–water partition coefficient (Wildman–Crippen LogP) is 5.85. The molecule has 0 spiro atoms. The zero-order valence-corrected chi connectivity index (χ0v) is 21.3. The maximum absolute atomic E-state index is 9.58. The second-order valence-corrected chi connectivity index (χ2v) is 11.8. The summed E-state index contributed by atoms with van der Waals surface area (Å²) in [5.41, 5.74) is 4.28. The first kappa shape index (κ1) is 25.3. The maximum Gasteiger partial charge on any atom is 0.0991 e. The molecule has 4 rings (SSSR count). The summed E-state index contributed by atoms with van der Waals surface area (Å²) < 4.78 is 5.53. The Morgan fingerprint density at radius 3 is 2.22 bits per heavy atom. The highest BCUT2D eigenvalue weighted by Gasteiger charge is 2.40. The Labute approximate surface area is 201 Å². The van der Waals surface area contributed by atoms with E-state index < -0.39 is 0 Å². The van der Waals surface area contributed by atoms with Gasteiger partial charge < -0.3 is 9.64 Å². The summed E-state index contributed by atoms with van der Waals surface area (Å²) in [4.78, 5) is 5.24. The molecule has 4 nitrogen and oxygen atoms in total. The first-order chi connectivity index (χ1) is 14.7. The average molecular weight is 460 g/mol. The van der Waals surface area contributed by atoms with Crippen LogP contribution in [0.5, 0.6) is 0 Å². The third kappa shape index (κ3) is 6.19. The van der Waals surface area contributed by atoms with E-state index in [4.69, 9.17) is 4.74 Å². The van der Waals surface area contributed by atoms with Gasteiger partial charge >= 0.3 is 0 Å². The van der Waals surface area contributed by atoms with Gasteiger partial charge in [0.15, 0.2) is 0 Å². The lowest BCUT2D eigenvalue weighted by Gasteiger charge is -2.46. The van der Waals surface area contributed by atoms with E-state index in [0.717, 1.165) is 50.9 Å². The molecular formula is C27H42ClN3O. The van der Waals surface area contributed by atoms with Gasteiger partial charge in [-0.05, 0) is 78.5 Å². The van der Waals surface area contributed by atoms with E-state index in [1.165, 1.54) is 49.9 Å². The molecule has 0 atom stereocenters. The van der Waals surface area contributed by atoms with Crippen LogP contribution in [0.15, 0.2) is 18.2 Å². The van der Waals surface area contributed by atoms with Crippen molar-refractivity contribution in [2.24, 2.45) is 16.7 Å². The molecule has 0 N–H and O–H groups in total. The predicted molar refractivity (Wildman–Crippen MR) is 135 cm³/mol. The van der Waals surface area contributed by atoms with Crippen LogP contribution in [0.1, 0.15) is 76.8 Å². The summed E-state index contributed by atoms with van der Waals surface area (Å²) >= 11 is 0. The van der Waals surface area contributed by atoms with E-state index in [-0.39, 0.29) is 12.4 Å². The number of rotatable bonds is 4. The van der Waals surface area contributed by atoms with Gasteiger partial charge in [0.2, 0.25) is 0 Å². The Kier molecular flexibility index (Phi) is 8.18. The Balaban J connectivity index is 0.00000289. The number of nitriles is 1. The van der Waals surface area contributed by atoms with Crippen LogP contribution in [0, 0.1) is 28.1 Å². The van der Waals surface area contributed by atoms with E-state index in [9.17, 15) is 5.26 Å². The third-order valence-corrected chi connectivity index (χ3v) is 7.72. The number of ether oxygens (including phenoxy) is 1. The molecule has 0 aromatic heterocycles. The molecule has 2 saturated heterocycles. The largest absolute Gasteiger partial charge is 0.381 e. The van der Waals surface area contributed by atoms with Crippen LogP contribution < -0.4 is 4.90 Å². The van der Waals surface area contributed by atoms with Gasteiger partial charge in [0.1, 0.15) is 0 Å². The van der Waals surface area contributed by atoms with E-state index in [1.54, 1.807) is 0 Å². The lowest BCUT2D eigenvalue weighted by atomic mass is 9.60. The van der Waals surface area contributed by atoms with Gasteiger partial charge in [-0.25, -0.2) is 0 Å². The number of piperazine rings is 1. The fourth-order valence-electron chi connectivity index (χ4n) is 6.77. The van der Waals surface area contributed by atoms with Crippen molar-refractivity contribution in [3.63, 3.8) is 0 Å². The van der Waals surface area contributed by atoms with Crippen molar-refractivity contribution in [3.8, 4) is 6.07 Å². The van der Waals surface area contributed by atoms with Crippen LogP contribution in [-0.2, 0) is 4.74 Å². The molecule has 1 aliphatic carbocycles. The van der Waals surface area contributed by atoms with Crippen LogP contribution in [0.25, 0.3) is 0 Å². The molecular weight excluding hydrogens is 418 g/mol. The zero-order valence-electron chi connectivity index (χ0n) is 20.5. The Morgan fingerprint density at radius 2 is 1.62 bits per heavy atom. The standard InChI is InChI=1S/C27H41N3O.ClH/c1-26(2)16-23(17-27(3,4)20-26)24-15-22(18-28)5-6-25(24)30-11-9-29(10-12-30)19-21-7-13-31-14-8-21;/h5-6,15,21,23H,7-14,16-17,19-20H2,1-4H3;1H. The van der Waals surface area contributed by atoms with Crippen molar-refractivity contribution in [3.05, 3.63) is 29.3 Å². The molecule has 5 heteroatoms. The highest BCUT2D eigenvalue weighted by atomic mass is 35.5. The summed E-state index contributed by atoms with van der Waals surface area (Å²) in [6.07, 6.45) is 6.12. The minimum Gasteiger partial charge on any atom is -0.381 e. The Morgan fingerprint density at radius 1 is 1.00 bits per heavy atom. The van der Waals surface area contributed by atoms with Crippen LogP contribution in [-0.4, -0.2) is 50.8 Å². The highest BCUT2D eigenvalue weighted by molar-refractivity contribution is 5.85. The maximum atomic E-state index is 9.58. The zero-order chi connectivity index (χ0) is 22.1. The van der Waals surface area contributed by atoms with Gasteiger partial charge in [0, 0.05) is 51.6 Å². The van der Waals surface area contributed by atoms with Crippen molar-refractivity contribution in [1.82, 2.24) is 4.90 Å². The van der Waals surface area contributed by atoms with Crippen molar-refractivity contribution in [1.29, 1.82) is 5.26 Å². The minimum atomic E-state index is 0. The molecule has 0 radical (unpaired) electrons. The Bertz CT molecular complexity index is 786. The Hall–Kier alpha value is -1.28.